The molecule has 25 heavy (non-hydrogen) atoms. The number of hydrogen-bond donors (Lipinski definition) is 3. The van der Waals surface area contributed by atoms with Crippen LogP contribution in [-0.4, -0.2) is 30.8 Å². The molecular weight excluding hydrogens is 318 g/mol. The summed E-state index contributed by atoms with van der Waals surface area (Å²) in [6.45, 7) is 10.4. The van der Waals surface area contributed by atoms with Crippen molar-refractivity contribution in [1.29, 1.82) is 0 Å². The Bertz CT molecular complexity index is 601. The van der Waals surface area contributed by atoms with E-state index >= 15 is 0 Å². The molecule has 6 nitrogen and oxygen atoms in total. The van der Waals surface area contributed by atoms with E-state index < -0.39 is 0 Å². The third kappa shape index (κ3) is 8.33. The zero-order valence-corrected chi connectivity index (χ0v) is 15.7. The van der Waals surface area contributed by atoms with E-state index in [1.807, 2.05) is 34.6 Å². The first-order valence-corrected chi connectivity index (χ1v) is 8.54. The Balaban J connectivity index is 2.38. The number of carbonyl (C=O) groups excluding carboxylic acids is 3. The van der Waals surface area contributed by atoms with Gasteiger partial charge < -0.3 is 16.0 Å². The van der Waals surface area contributed by atoms with Gasteiger partial charge in [0.2, 0.25) is 11.8 Å². The van der Waals surface area contributed by atoms with Gasteiger partial charge in [-0.05, 0) is 29.7 Å². The molecule has 3 amide bonds. The van der Waals surface area contributed by atoms with Gasteiger partial charge in [0.05, 0.1) is 0 Å². The fraction of sp³-hybridized carbons (Fsp3) is 0.526. The number of carbonyl (C=O) groups is 3. The zero-order chi connectivity index (χ0) is 19.0. The van der Waals surface area contributed by atoms with Gasteiger partial charge in [0.1, 0.15) is 0 Å². The van der Waals surface area contributed by atoms with Gasteiger partial charge in [0.25, 0.3) is 5.91 Å². The van der Waals surface area contributed by atoms with E-state index in [0.29, 0.717) is 30.8 Å². The molecule has 0 fully saturated rings. The highest BCUT2D eigenvalue weighted by Gasteiger charge is 2.15. The molecule has 6 heteroatoms. The molecule has 0 saturated carbocycles. The minimum absolute atomic E-state index is 0.0213. The third-order valence-electron chi connectivity index (χ3n) is 3.36. The molecule has 0 atom stereocenters. The summed E-state index contributed by atoms with van der Waals surface area (Å²) in [6, 6.07) is 6.70. The molecule has 0 saturated heterocycles. The smallest absolute Gasteiger partial charge is 0.251 e. The maximum atomic E-state index is 12.0. The van der Waals surface area contributed by atoms with E-state index in [4.69, 9.17) is 0 Å². The van der Waals surface area contributed by atoms with Crippen LogP contribution in [0.25, 0.3) is 0 Å². The van der Waals surface area contributed by atoms with Gasteiger partial charge in [0.15, 0.2) is 0 Å². The number of benzene rings is 1. The summed E-state index contributed by atoms with van der Waals surface area (Å²) in [5, 5.41) is 8.31. The van der Waals surface area contributed by atoms with Crippen molar-refractivity contribution in [2.24, 2.45) is 11.3 Å². The van der Waals surface area contributed by atoms with Crippen LogP contribution in [0.5, 0.6) is 0 Å². The Kier molecular flexibility index (Phi) is 7.61. The van der Waals surface area contributed by atoms with Gasteiger partial charge in [-0.15, -0.1) is 0 Å². The van der Waals surface area contributed by atoms with E-state index in [1.54, 1.807) is 24.3 Å². The van der Waals surface area contributed by atoms with Crippen LogP contribution in [0.15, 0.2) is 24.3 Å². The zero-order valence-electron chi connectivity index (χ0n) is 15.7. The summed E-state index contributed by atoms with van der Waals surface area (Å²) in [6.07, 6.45) is 0.449. The van der Waals surface area contributed by atoms with Gasteiger partial charge in [-0.25, -0.2) is 0 Å². The van der Waals surface area contributed by atoms with Gasteiger partial charge in [-0.1, -0.05) is 34.6 Å². The maximum absolute atomic E-state index is 12.0. The van der Waals surface area contributed by atoms with Crippen molar-refractivity contribution >= 4 is 23.4 Å². The van der Waals surface area contributed by atoms with Crippen LogP contribution in [0.4, 0.5) is 5.69 Å². The standard InChI is InChI=1S/C19H29N3O3/c1-13(2)17(24)22-15-8-6-14(7-9-15)18(25)21-11-10-20-16(23)12-19(3,4)5/h6-9,13H,10-12H2,1-5H3,(H,20,23)(H,21,25)(H,22,24). The summed E-state index contributed by atoms with van der Waals surface area (Å²) >= 11 is 0. The molecule has 0 radical (unpaired) electrons. The lowest BCUT2D eigenvalue weighted by atomic mass is 9.92. The van der Waals surface area contributed by atoms with Crippen molar-refractivity contribution in [1.82, 2.24) is 10.6 Å². The van der Waals surface area contributed by atoms with Crippen LogP contribution in [0.1, 0.15) is 51.4 Å². The normalized spacial score (nSPS) is 11.1. The van der Waals surface area contributed by atoms with Gasteiger partial charge in [-0.3, -0.25) is 14.4 Å². The first-order valence-electron chi connectivity index (χ1n) is 8.54. The topological polar surface area (TPSA) is 87.3 Å². The number of rotatable bonds is 7. The van der Waals surface area contributed by atoms with Crippen molar-refractivity contribution < 1.29 is 14.4 Å². The SMILES string of the molecule is CC(C)C(=O)Nc1ccc(C(=O)NCCNC(=O)CC(C)(C)C)cc1. The molecule has 138 valence electrons. The molecule has 1 rings (SSSR count). The molecule has 0 bridgehead atoms. The van der Waals surface area contributed by atoms with Crippen LogP contribution in [0.3, 0.4) is 0 Å². The molecule has 0 aliphatic carbocycles. The molecule has 1 aromatic rings. The first-order chi connectivity index (χ1) is 11.6. The van der Waals surface area contributed by atoms with Crippen molar-refractivity contribution in [3.05, 3.63) is 29.8 Å². The predicted molar refractivity (Wildman–Crippen MR) is 99.3 cm³/mol. The largest absolute Gasteiger partial charge is 0.354 e. The summed E-state index contributed by atoms with van der Waals surface area (Å²) in [4.78, 5) is 35.4. The monoisotopic (exact) mass is 347 g/mol. The highest BCUT2D eigenvalue weighted by Crippen LogP contribution is 2.17. The Labute approximate surface area is 149 Å². The van der Waals surface area contributed by atoms with Crippen molar-refractivity contribution in [3.8, 4) is 0 Å². The van der Waals surface area contributed by atoms with Crippen LogP contribution in [-0.2, 0) is 9.59 Å². The van der Waals surface area contributed by atoms with E-state index in [0.717, 1.165) is 0 Å². The van der Waals surface area contributed by atoms with E-state index in [9.17, 15) is 14.4 Å². The third-order valence-corrected chi connectivity index (χ3v) is 3.36. The Morgan fingerprint density at radius 2 is 1.52 bits per heavy atom. The Morgan fingerprint density at radius 1 is 0.960 bits per heavy atom. The fourth-order valence-corrected chi connectivity index (χ4v) is 2.02. The second kappa shape index (κ2) is 9.20. The minimum Gasteiger partial charge on any atom is -0.354 e. The average Bonchev–Trinajstić information content (AvgIpc) is 2.50. The van der Waals surface area contributed by atoms with Crippen molar-refractivity contribution in [3.63, 3.8) is 0 Å². The van der Waals surface area contributed by atoms with Crippen molar-refractivity contribution in [2.75, 3.05) is 18.4 Å². The molecule has 0 heterocycles. The summed E-state index contributed by atoms with van der Waals surface area (Å²) in [5.41, 5.74) is 1.10. The van der Waals surface area contributed by atoms with Crippen molar-refractivity contribution in [2.45, 2.75) is 41.0 Å². The lowest BCUT2D eigenvalue weighted by Crippen LogP contribution is -2.35. The Morgan fingerprint density at radius 3 is 2.04 bits per heavy atom. The van der Waals surface area contributed by atoms with Crippen LogP contribution < -0.4 is 16.0 Å². The van der Waals surface area contributed by atoms with E-state index in [1.165, 1.54) is 0 Å². The van der Waals surface area contributed by atoms with Gasteiger partial charge in [-0.2, -0.15) is 0 Å². The maximum Gasteiger partial charge on any atom is 0.251 e. The average molecular weight is 347 g/mol. The Hall–Kier alpha value is -2.37. The highest BCUT2D eigenvalue weighted by atomic mass is 16.2. The molecule has 3 N–H and O–H groups in total. The highest BCUT2D eigenvalue weighted by molar-refractivity contribution is 5.96. The number of anilines is 1. The molecule has 0 spiro atoms. The molecule has 0 aromatic heterocycles. The van der Waals surface area contributed by atoms with Crippen LogP contribution in [0.2, 0.25) is 0 Å². The second-order valence-corrected chi connectivity index (χ2v) is 7.56. The summed E-state index contributed by atoms with van der Waals surface area (Å²) in [5.74, 6) is -0.404. The number of hydrogen-bond acceptors (Lipinski definition) is 3. The second-order valence-electron chi connectivity index (χ2n) is 7.56. The van der Waals surface area contributed by atoms with E-state index in [-0.39, 0.29) is 29.1 Å². The lowest BCUT2D eigenvalue weighted by Gasteiger charge is -2.17. The molecule has 0 aliphatic rings. The molecule has 0 aliphatic heterocycles. The fourth-order valence-electron chi connectivity index (χ4n) is 2.02. The quantitative estimate of drug-likeness (QED) is 0.663. The van der Waals surface area contributed by atoms with Gasteiger partial charge >= 0.3 is 0 Å². The van der Waals surface area contributed by atoms with Crippen LogP contribution >= 0.6 is 0 Å². The lowest BCUT2D eigenvalue weighted by molar-refractivity contribution is -0.122. The van der Waals surface area contributed by atoms with Crippen LogP contribution in [0, 0.1) is 11.3 Å². The molecule has 0 unspecified atom stereocenters. The minimum atomic E-state index is -0.216. The summed E-state index contributed by atoms with van der Waals surface area (Å²) < 4.78 is 0. The van der Waals surface area contributed by atoms with Gasteiger partial charge in [0, 0.05) is 36.7 Å². The molecule has 1 aromatic carbocycles. The predicted octanol–water partition coefficient (Wildman–Crippen LogP) is 2.56. The molecular formula is C19H29N3O3. The summed E-state index contributed by atoms with van der Waals surface area (Å²) in [7, 11) is 0. The first kappa shape index (κ1) is 20.7. The number of nitrogens with one attached hydrogen (secondary N) is 3. The van der Waals surface area contributed by atoms with E-state index in [2.05, 4.69) is 16.0 Å². The number of amides is 3.